The summed E-state index contributed by atoms with van der Waals surface area (Å²) in [5.74, 6) is 0. The minimum absolute atomic E-state index is 1.42. The minimum atomic E-state index is 1.42. The molecular weight excluding hydrogens is 50.8 g/mol. The van der Waals surface area contributed by atoms with Gasteiger partial charge in [-0.15, -0.1) is 0 Å². The van der Waals surface area contributed by atoms with E-state index in [1.54, 1.807) is 6.82 Å². The number of rotatable bonds is 1. The van der Waals surface area contributed by atoms with Crippen LogP contribution >= 0.6 is 0 Å². The van der Waals surface area contributed by atoms with Crippen molar-refractivity contribution in [1.82, 2.24) is 0 Å². The molecule has 3 heteroatoms. The van der Waals surface area contributed by atoms with Gasteiger partial charge in [-0.25, -0.2) is 5.53 Å². The van der Waals surface area contributed by atoms with Gasteiger partial charge in [0.05, 0.1) is 0 Å². The monoisotopic (exact) mass is 55.0 g/mol. The van der Waals surface area contributed by atoms with Crippen LogP contribution in [0.5, 0.6) is 0 Å². The number of hydrogen-bond donors (Lipinski definition) is 1. The van der Waals surface area contributed by atoms with Gasteiger partial charge in [-0.1, -0.05) is 6.82 Å². The standard InChI is InChI=1S/CH4BN2/c1-2-4-3/h3H,1H3. The third-order valence-electron chi connectivity index (χ3n) is 0.129. The van der Waals surface area contributed by atoms with E-state index in [0.717, 1.165) is 0 Å². The van der Waals surface area contributed by atoms with Crippen LogP contribution in [0.3, 0.4) is 0 Å². The van der Waals surface area contributed by atoms with Gasteiger partial charge in [-0.05, 0) is 0 Å². The Bertz CT molecular complexity index is 20.0. The van der Waals surface area contributed by atoms with Crippen LogP contribution in [0.15, 0.2) is 5.03 Å². The highest BCUT2D eigenvalue weighted by Gasteiger charge is 1.56. The average Bonchev–Trinajstić information content (AvgIpc) is 1.37. The highest BCUT2D eigenvalue weighted by Crippen LogP contribution is 1.48. The largest absolute Gasteiger partial charge is 0.301 e. The van der Waals surface area contributed by atoms with Gasteiger partial charge in [0, 0.05) is 0 Å². The number of nitrogens with one attached hydrogen (secondary N) is 1. The molecule has 0 aromatic heterocycles. The third-order valence-corrected chi connectivity index (χ3v) is 0.129. The molecule has 0 aliphatic rings. The highest BCUT2D eigenvalue weighted by atomic mass is 14.9. The Morgan fingerprint density at radius 2 is 2.25 bits per heavy atom. The molecule has 0 aromatic rings. The summed E-state index contributed by atoms with van der Waals surface area (Å²) in [7, 11) is 1.42. The Kier molecular flexibility index (Phi) is 2.44. The first-order chi connectivity index (χ1) is 1.91. The molecule has 2 nitrogen and oxygen atoms in total. The molecule has 0 fully saturated rings. The summed E-state index contributed by atoms with van der Waals surface area (Å²) in [4.78, 5) is 0. The average molecular weight is 54.9 g/mol. The molecule has 0 aliphatic carbocycles. The predicted molar refractivity (Wildman–Crippen MR) is 16.8 cm³/mol. The lowest BCUT2D eigenvalue weighted by Gasteiger charge is -1.53. The van der Waals surface area contributed by atoms with Crippen LogP contribution in [0, 0.1) is 5.53 Å². The van der Waals surface area contributed by atoms with Crippen LogP contribution in [0.2, 0.25) is 6.82 Å². The quantitative estimate of drug-likeness (QED) is 0.338. The maximum Gasteiger partial charge on any atom is 0.301 e. The van der Waals surface area contributed by atoms with Crippen LogP contribution in [-0.4, -0.2) is 7.41 Å². The first-order valence-electron chi connectivity index (χ1n) is 1.06. The van der Waals surface area contributed by atoms with Crippen molar-refractivity contribution in [3.63, 3.8) is 0 Å². The van der Waals surface area contributed by atoms with Gasteiger partial charge >= 0.3 is 7.41 Å². The van der Waals surface area contributed by atoms with Gasteiger partial charge in [0.25, 0.3) is 0 Å². The van der Waals surface area contributed by atoms with Gasteiger partial charge in [-0.2, -0.15) is 0 Å². The van der Waals surface area contributed by atoms with Crippen molar-refractivity contribution in [2.45, 2.75) is 6.82 Å². The van der Waals surface area contributed by atoms with Crippen LogP contribution in [0.1, 0.15) is 0 Å². The summed E-state index contributed by atoms with van der Waals surface area (Å²) < 4.78 is 0. The number of nitrogens with zero attached hydrogens (tertiary/aromatic N) is 1. The summed E-state index contributed by atoms with van der Waals surface area (Å²) in [5, 5.41) is 2.86. The Balaban J connectivity index is 2.30. The first kappa shape index (κ1) is 3.66. The van der Waals surface area contributed by atoms with E-state index in [2.05, 4.69) is 5.03 Å². The van der Waals surface area contributed by atoms with E-state index in [1.807, 2.05) is 0 Å². The molecule has 1 N–H and O–H groups in total. The molecule has 21 valence electrons. The molecule has 0 aromatic carbocycles. The molecule has 0 rings (SSSR count). The molecule has 0 saturated heterocycles. The summed E-state index contributed by atoms with van der Waals surface area (Å²) in [6.07, 6.45) is 0. The predicted octanol–water partition coefficient (Wildman–Crippen LogP) is 0.685. The van der Waals surface area contributed by atoms with Crippen LogP contribution in [0.25, 0.3) is 0 Å². The lowest BCUT2D eigenvalue weighted by Crippen LogP contribution is -1.60. The topological polar surface area (TPSA) is 36.2 Å². The van der Waals surface area contributed by atoms with Crippen LogP contribution < -0.4 is 0 Å². The smallest absolute Gasteiger partial charge is 0.269 e. The van der Waals surface area contributed by atoms with Crippen molar-refractivity contribution in [3.8, 4) is 0 Å². The molecule has 0 unspecified atom stereocenters. The molecule has 0 heterocycles. The Morgan fingerprint density at radius 1 is 2.00 bits per heavy atom. The van der Waals surface area contributed by atoms with Crippen LogP contribution in [0.4, 0.5) is 0 Å². The second-order valence-electron chi connectivity index (χ2n) is 0.387. The fourth-order valence-corrected chi connectivity index (χ4v) is 0. The molecule has 0 spiro atoms. The normalized spacial score (nSPS) is 5.25. The van der Waals surface area contributed by atoms with Crippen molar-refractivity contribution >= 4 is 7.41 Å². The molecule has 0 amide bonds. The minimum Gasteiger partial charge on any atom is -0.269 e. The Labute approximate surface area is 26.0 Å². The zero-order valence-corrected chi connectivity index (χ0v) is 2.52. The van der Waals surface area contributed by atoms with Crippen molar-refractivity contribution in [1.29, 1.82) is 5.53 Å². The summed E-state index contributed by atoms with van der Waals surface area (Å²) >= 11 is 0. The van der Waals surface area contributed by atoms with Gasteiger partial charge in [-0.3, -0.25) is 5.03 Å². The maximum absolute atomic E-state index is 6.02. The van der Waals surface area contributed by atoms with E-state index in [9.17, 15) is 0 Å². The SMILES string of the molecule is C[B]N=N. The van der Waals surface area contributed by atoms with Crippen molar-refractivity contribution < 1.29 is 0 Å². The summed E-state index contributed by atoms with van der Waals surface area (Å²) in [6, 6.07) is 0. The lowest BCUT2D eigenvalue weighted by atomic mass is 10.0. The van der Waals surface area contributed by atoms with E-state index in [0.29, 0.717) is 0 Å². The number of hydrogen-bond acceptors (Lipinski definition) is 2. The Morgan fingerprint density at radius 3 is 2.25 bits per heavy atom. The maximum atomic E-state index is 6.02. The second kappa shape index (κ2) is 2.66. The lowest BCUT2D eigenvalue weighted by molar-refractivity contribution is 1.23. The molecule has 4 heavy (non-hydrogen) atoms. The van der Waals surface area contributed by atoms with E-state index >= 15 is 0 Å². The first-order valence-corrected chi connectivity index (χ1v) is 1.06. The van der Waals surface area contributed by atoms with E-state index in [1.165, 1.54) is 7.41 Å². The third kappa shape index (κ3) is 1.66. The van der Waals surface area contributed by atoms with Gasteiger partial charge in [0.2, 0.25) is 0 Å². The Hall–Kier alpha value is -0.335. The van der Waals surface area contributed by atoms with E-state index in [4.69, 9.17) is 5.53 Å². The van der Waals surface area contributed by atoms with Gasteiger partial charge < -0.3 is 0 Å². The molecule has 0 saturated carbocycles. The fraction of sp³-hybridized carbons (Fsp3) is 1.00. The molecular formula is CH4BN2. The van der Waals surface area contributed by atoms with Crippen molar-refractivity contribution in [2.24, 2.45) is 5.03 Å². The highest BCUT2D eigenvalue weighted by molar-refractivity contribution is 6.30. The summed E-state index contributed by atoms with van der Waals surface area (Å²) in [5.41, 5.74) is 6.02. The van der Waals surface area contributed by atoms with Crippen molar-refractivity contribution in [2.75, 3.05) is 0 Å². The van der Waals surface area contributed by atoms with Gasteiger partial charge in [0.15, 0.2) is 0 Å². The molecule has 0 bridgehead atoms. The summed E-state index contributed by atoms with van der Waals surface area (Å²) in [6.45, 7) is 1.70. The van der Waals surface area contributed by atoms with E-state index in [-0.39, 0.29) is 0 Å². The molecule has 0 aliphatic heterocycles. The van der Waals surface area contributed by atoms with Gasteiger partial charge in [0.1, 0.15) is 0 Å². The molecule has 0 atom stereocenters. The second-order valence-corrected chi connectivity index (χ2v) is 0.387. The van der Waals surface area contributed by atoms with E-state index < -0.39 is 0 Å². The van der Waals surface area contributed by atoms with Crippen LogP contribution in [-0.2, 0) is 0 Å². The zero-order chi connectivity index (χ0) is 3.41. The molecule has 1 radical (unpaired) electrons. The zero-order valence-electron chi connectivity index (χ0n) is 2.52. The fourth-order valence-electron chi connectivity index (χ4n) is 0. The van der Waals surface area contributed by atoms with Crippen molar-refractivity contribution in [3.05, 3.63) is 0 Å².